The molecule has 19 heavy (non-hydrogen) atoms. The third-order valence-corrected chi connectivity index (χ3v) is 4.89. The zero-order chi connectivity index (χ0) is 14.6. The summed E-state index contributed by atoms with van der Waals surface area (Å²) in [6.07, 6.45) is -0.773. The zero-order valence-electron chi connectivity index (χ0n) is 12.4. The number of ether oxygens (including phenoxy) is 1. The number of hydrogen-bond acceptors (Lipinski definition) is 4. The number of carbonyl (C=O) groups excluding carboxylic acids is 1. The van der Waals surface area contributed by atoms with E-state index in [1.165, 1.54) is 0 Å². The summed E-state index contributed by atoms with van der Waals surface area (Å²) < 4.78 is 5.28. The van der Waals surface area contributed by atoms with Gasteiger partial charge in [0.05, 0.1) is 11.6 Å². The number of rotatable bonds is 1. The molecular weight excluding hydrogens is 246 g/mol. The molecule has 2 aliphatic carbocycles. The highest BCUT2D eigenvalue weighted by Crippen LogP contribution is 2.60. The molecule has 2 fully saturated rings. The van der Waals surface area contributed by atoms with Crippen molar-refractivity contribution in [1.29, 1.82) is 0 Å². The van der Waals surface area contributed by atoms with Crippen LogP contribution in [0.15, 0.2) is 0 Å². The molecule has 0 unspecified atom stereocenters. The Hall–Kier alpha value is -0.810. The predicted molar refractivity (Wildman–Crippen MR) is 70.6 cm³/mol. The lowest BCUT2D eigenvalue weighted by molar-refractivity contribution is -0.0392. The van der Waals surface area contributed by atoms with Crippen molar-refractivity contribution >= 4 is 6.09 Å². The molecule has 2 bridgehead atoms. The zero-order valence-corrected chi connectivity index (χ0v) is 12.4. The van der Waals surface area contributed by atoms with Gasteiger partial charge in [0.15, 0.2) is 0 Å². The molecule has 3 N–H and O–H groups in total. The quantitative estimate of drug-likeness (QED) is 0.674. The minimum absolute atomic E-state index is 0.0115. The third kappa shape index (κ3) is 2.03. The number of aliphatic hydroxyl groups is 2. The monoisotopic (exact) mass is 271 g/mol. The number of carbonyl (C=O) groups is 1. The molecule has 1 amide bonds. The van der Waals surface area contributed by atoms with Gasteiger partial charge in [-0.15, -0.1) is 0 Å². The van der Waals surface area contributed by atoms with Crippen LogP contribution in [-0.4, -0.2) is 39.7 Å². The van der Waals surface area contributed by atoms with Crippen LogP contribution in [0.3, 0.4) is 0 Å². The van der Waals surface area contributed by atoms with Gasteiger partial charge in [-0.25, -0.2) is 4.79 Å². The normalized spacial score (nSPS) is 40.3. The van der Waals surface area contributed by atoms with Crippen LogP contribution >= 0.6 is 0 Å². The second kappa shape index (κ2) is 4.09. The molecule has 4 atom stereocenters. The van der Waals surface area contributed by atoms with Crippen LogP contribution in [0.1, 0.15) is 47.5 Å². The maximum absolute atomic E-state index is 12.0. The Bertz CT molecular complexity index is 387. The Morgan fingerprint density at radius 1 is 1.32 bits per heavy atom. The Morgan fingerprint density at radius 3 is 2.32 bits per heavy atom. The first-order chi connectivity index (χ1) is 8.51. The number of fused-ring (bicyclic) bond motifs is 2. The molecule has 2 rings (SSSR count). The van der Waals surface area contributed by atoms with Crippen LogP contribution < -0.4 is 5.32 Å². The first-order valence-corrected chi connectivity index (χ1v) is 6.88. The van der Waals surface area contributed by atoms with Gasteiger partial charge in [0.25, 0.3) is 0 Å². The van der Waals surface area contributed by atoms with Gasteiger partial charge in [0.2, 0.25) is 0 Å². The second-order valence-electron chi connectivity index (χ2n) is 7.40. The summed E-state index contributed by atoms with van der Waals surface area (Å²) in [5.74, 6) is 0.0115. The van der Waals surface area contributed by atoms with E-state index in [-0.39, 0.29) is 11.3 Å². The largest absolute Gasteiger partial charge is 0.444 e. The van der Waals surface area contributed by atoms with Crippen LogP contribution in [0.2, 0.25) is 0 Å². The van der Waals surface area contributed by atoms with Gasteiger partial charge in [0, 0.05) is 0 Å². The maximum Gasteiger partial charge on any atom is 0.408 e. The second-order valence-corrected chi connectivity index (χ2v) is 7.40. The van der Waals surface area contributed by atoms with Gasteiger partial charge >= 0.3 is 6.09 Å². The highest BCUT2D eigenvalue weighted by Gasteiger charge is 2.69. The summed E-state index contributed by atoms with van der Waals surface area (Å²) in [5.41, 5.74) is -1.72. The first kappa shape index (κ1) is 14.6. The van der Waals surface area contributed by atoms with Crippen LogP contribution in [0.25, 0.3) is 0 Å². The summed E-state index contributed by atoms with van der Waals surface area (Å²) in [6, 6.07) is 0. The highest BCUT2D eigenvalue weighted by molar-refractivity contribution is 5.69. The minimum atomic E-state index is -0.936. The summed E-state index contributed by atoms with van der Waals surface area (Å²) in [7, 11) is 0. The summed E-state index contributed by atoms with van der Waals surface area (Å²) in [6.45, 7) is 9.37. The van der Waals surface area contributed by atoms with Crippen molar-refractivity contribution < 1.29 is 19.7 Å². The molecule has 0 radical (unpaired) electrons. The van der Waals surface area contributed by atoms with E-state index in [1.54, 1.807) is 20.8 Å². The number of hydrogen-bond donors (Lipinski definition) is 3. The van der Waals surface area contributed by atoms with Gasteiger partial charge in [-0.2, -0.15) is 0 Å². The van der Waals surface area contributed by atoms with Crippen LogP contribution in [-0.2, 0) is 4.74 Å². The fraction of sp³-hybridized carbons (Fsp3) is 0.929. The van der Waals surface area contributed by atoms with E-state index in [0.29, 0.717) is 6.42 Å². The molecule has 2 saturated carbocycles. The number of amides is 1. The predicted octanol–water partition coefficient (Wildman–Crippen LogP) is 1.42. The Morgan fingerprint density at radius 2 is 1.89 bits per heavy atom. The molecular formula is C14H25NO4. The highest BCUT2D eigenvalue weighted by atomic mass is 16.6. The standard InChI is InChI=1S/C14H25NO4/c1-12(2,3)19-11(18)15-14-7-6-8(13(14,4)5)9(16)10(14)17/h8-10,16-17H,6-7H2,1-5H3,(H,15,18)/t8-,9+,10+,14-/m0/s1. The van der Waals surface area contributed by atoms with Gasteiger partial charge in [-0.3, -0.25) is 0 Å². The van der Waals surface area contributed by atoms with Crippen molar-refractivity contribution in [2.24, 2.45) is 11.3 Å². The lowest BCUT2D eigenvalue weighted by atomic mass is 9.75. The van der Waals surface area contributed by atoms with Crippen LogP contribution in [0.4, 0.5) is 4.79 Å². The summed E-state index contributed by atoms with van der Waals surface area (Å²) >= 11 is 0. The number of nitrogens with one attached hydrogen (secondary N) is 1. The smallest absolute Gasteiger partial charge is 0.408 e. The maximum atomic E-state index is 12.0. The van der Waals surface area contributed by atoms with Crippen molar-refractivity contribution in [3.63, 3.8) is 0 Å². The van der Waals surface area contributed by atoms with E-state index in [9.17, 15) is 15.0 Å². The van der Waals surface area contributed by atoms with E-state index in [2.05, 4.69) is 5.32 Å². The van der Waals surface area contributed by atoms with E-state index in [4.69, 9.17) is 4.74 Å². The fourth-order valence-corrected chi connectivity index (χ4v) is 3.82. The van der Waals surface area contributed by atoms with Crippen molar-refractivity contribution in [2.75, 3.05) is 0 Å². The van der Waals surface area contributed by atoms with Crippen molar-refractivity contribution in [3.05, 3.63) is 0 Å². The Labute approximate surface area is 114 Å². The molecule has 5 nitrogen and oxygen atoms in total. The average molecular weight is 271 g/mol. The van der Waals surface area contributed by atoms with E-state index in [1.807, 2.05) is 13.8 Å². The molecule has 0 spiro atoms. The molecule has 0 aliphatic heterocycles. The lowest BCUT2D eigenvalue weighted by Gasteiger charge is -2.41. The molecule has 110 valence electrons. The van der Waals surface area contributed by atoms with E-state index in [0.717, 1.165) is 6.42 Å². The summed E-state index contributed by atoms with van der Waals surface area (Å²) in [4.78, 5) is 12.0. The van der Waals surface area contributed by atoms with Gasteiger partial charge < -0.3 is 20.3 Å². The van der Waals surface area contributed by atoms with Crippen molar-refractivity contribution in [3.8, 4) is 0 Å². The third-order valence-electron chi connectivity index (χ3n) is 4.89. The Balaban J connectivity index is 2.20. The topological polar surface area (TPSA) is 78.8 Å². The number of aliphatic hydroxyl groups excluding tert-OH is 2. The van der Waals surface area contributed by atoms with Crippen molar-refractivity contribution in [2.45, 2.75) is 70.8 Å². The van der Waals surface area contributed by atoms with Gasteiger partial charge in [-0.05, 0) is 44.9 Å². The average Bonchev–Trinajstić information content (AvgIpc) is 2.51. The SMILES string of the molecule is CC(C)(C)OC(=O)N[C@@]12CC[C@@H]([C@@H](O)[C@H]1O)C2(C)C. The van der Waals surface area contributed by atoms with E-state index < -0.39 is 29.4 Å². The fourth-order valence-electron chi connectivity index (χ4n) is 3.82. The van der Waals surface area contributed by atoms with E-state index >= 15 is 0 Å². The molecule has 0 aromatic heterocycles. The molecule has 2 aliphatic rings. The first-order valence-electron chi connectivity index (χ1n) is 6.88. The molecule has 0 aromatic carbocycles. The van der Waals surface area contributed by atoms with Crippen LogP contribution in [0, 0.1) is 11.3 Å². The molecule has 5 heteroatoms. The lowest BCUT2D eigenvalue weighted by Crippen LogP contribution is -2.61. The molecule has 0 heterocycles. The Kier molecular flexibility index (Phi) is 3.14. The molecule has 0 aromatic rings. The molecule has 0 saturated heterocycles. The van der Waals surface area contributed by atoms with Gasteiger partial charge in [-0.1, -0.05) is 13.8 Å². The summed E-state index contributed by atoms with van der Waals surface area (Å²) in [5, 5.41) is 23.2. The minimum Gasteiger partial charge on any atom is -0.444 e. The van der Waals surface area contributed by atoms with Crippen molar-refractivity contribution in [1.82, 2.24) is 5.32 Å². The van der Waals surface area contributed by atoms with Crippen LogP contribution in [0.5, 0.6) is 0 Å². The number of alkyl carbamates (subject to hydrolysis) is 1. The van der Waals surface area contributed by atoms with Gasteiger partial charge in [0.1, 0.15) is 11.7 Å².